The molecule has 0 unspecified atom stereocenters. The molecule has 0 saturated carbocycles. The van der Waals surface area contributed by atoms with Gasteiger partial charge in [0.15, 0.2) is 5.82 Å². The zero-order chi connectivity index (χ0) is 19.3. The first kappa shape index (κ1) is 19.6. The normalized spacial score (nSPS) is 16.2. The SMILES string of the molecule is CN(C)C=Nc1cc(C(F)(F)F)c(C(N)=NC(=N)N2CCOCC2)cn1. The molecule has 1 aromatic heterocycles. The summed E-state index contributed by atoms with van der Waals surface area (Å²) in [5.41, 5.74) is 4.34. The first-order valence-electron chi connectivity index (χ1n) is 7.72. The number of halogens is 3. The molecule has 1 aliphatic heterocycles. The van der Waals surface area contributed by atoms with E-state index in [4.69, 9.17) is 15.9 Å². The molecular formula is C15H20F3N7O. The number of amidine groups is 1. The van der Waals surface area contributed by atoms with Crippen molar-refractivity contribution in [2.45, 2.75) is 6.18 Å². The van der Waals surface area contributed by atoms with E-state index < -0.39 is 17.6 Å². The van der Waals surface area contributed by atoms with E-state index in [9.17, 15) is 13.2 Å². The van der Waals surface area contributed by atoms with Gasteiger partial charge in [0.05, 0.1) is 25.1 Å². The van der Waals surface area contributed by atoms with Crippen LogP contribution in [0.1, 0.15) is 11.1 Å². The number of rotatable bonds is 3. The predicted octanol–water partition coefficient (Wildman–Crippen LogP) is 1.29. The number of hydrogen-bond donors (Lipinski definition) is 2. The van der Waals surface area contributed by atoms with E-state index in [0.29, 0.717) is 26.3 Å². The maximum absolute atomic E-state index is 13.4. The fourth-order valence-electron chi connectivity index (χ4n) is 2.15. The van der Waals surface area contributed by atoms with Gasteiger partial charge in [-0.05, 0) is 6.07 Å². The number of hydrogen-bond acceptors (Lipinski definition) is 4. The molecule has 0 atom stereocenters. The molecule has 0 spiro atoms. The Balaban J connectivity index is 2.34. The fraction of sp³-hybridized carbons (Fsp3) is 0.467. The van der Waals surface area contributed by atoms with Crippen LogP contribution in [0.2, 0.25) is 0 Å². The Labute approximate surface area is 148 Å². The van der Waals surface area contributed by atoms with Gasteiger partial charge in [-0.3, -0.25) is 5.41 Å². The lowest BCUT2D eigenvalue weighted by Crippen LogP contribution is -2.40. The summed E-state index contributed by atoms with van der Waals surface area (Å²) in [4.78, 5) is 14.7. The number of guanidine groups is 1. The van der Waals surface area contributed by atoms with Crippen molar-refractivity contribution in [1.29, 1.82) is 5.41 Å². The van der Waals surface area contributed by atoms with Crippen LogP contribution >= 0.6 is 0 Å². The van der Waals surface area contributed by atoms with Crippen molar-refractivity contribution < 1.29 is 17.9 Å². The Morgan fingerprint density at radius 1 is 1.38 bits per heavy atom. The molecule has 11 heteroatoms. The van der Waals surface area contributed by atoms with Gasteiger partial charge < -0.3 is 20.3 Å². The van der Waals surface area contributed by atoms with Crippen molar-refractivity contribution in [1.82, 2.24) is 14.8 Å². The fourth-order valence-corrected chi connectivity index (χ4v) is 2.15. The highest BCUT2D eigenvalue weighted by Gasteiger charge is 2.35. The lowest BCUT2D eigenvalue weighted by Gasteiger charge is -2.26. The average molecular weight is 371 g/mol. The number of nitrogens with zero attached hydrogens (tertiary/aromatic N) is 5. The first-order chi connectivity index (χ1) is 12.2. The molecule has 0 aliphatic carbocycles. The van der Waals surface area contributed by atoms with Gasteiger partial charge in [-0.2, -0.15) is 18.2 Å². The Morgan fingerprint density at radius 2 is 2.04 bits per heavy atom. The minimum absolute atomic E-state index is 0.106. The molecule has 0 amide bonds. The molecule has 2 heterocycles. The second-order valence-corrected chi connectivity index (χ2v) is 5.71. The van der Waals surface area contributed by atoms with E-state index in [1.807, 2.05) is 0 Å². The number of aliphatic imine (C=N–C) groups is 2. The predicted molar refractivity (Wildman–Crippen MR) is 91.9 cm³/mol. The summed E-state index contributed by atoms with van der Waals surface area (Å²) >= 11 is 0. The number of nitrogens with two attached hydrogens (primary N) is 1. The molecule has 1 fully saturated rings. The van der Waals surface area contributed by atoms with Crippen LogP contribution in [0.15, 0.2) is 22.2 Å². The van der Waals surface area contributed by atoms with E-state index in [-0.39, 0.29) is 17.3 Å². The van der Waals surface area contributed by atoms with Crippen LogP contribution in [-0.2, 0) is 10.9 Å². The van der Waals surface area contributed by atoms with Gasteiger partial charge in [-0.1, -0.05) is 0 Å². The number of aromatic nitrogens is 1. The summed E-state index contributed by atoms with van der Waals surface area (Å²) < 4.78 is 45.4. The number of pyridine rings is 1. The molecule has 0 aromatic carbocycles. The minimum atomic E-state index is -4.66. The summed E-state index contributed by atoms with van der Waals surface area (Å²) in [5, 5.41) is 7.92. The van der Waals surface area contributed by atoms with Crippen LogP contribution in [-0.4, -0.2) is 73.3 Å². The number of nitrogens with one attached hydrogen (secondary N) is 1. The van der Waals surface area contributed by atoms with E-state index >= 15 is 0 Å². The van der Waals surface area contributed by atoms with Gasteiger partial charge in [-0.25, -0.2) is 9.98 Å². The number of morpholine rings is 1. The van der Waals surface area contributed by atoms with Gasteiger partial charge in [0.1, 0.15) is 5.84 Å². The maximum atomic E-state index is 13.4. The third-order valence-electron chi connectivity index (χ3n) is 3.43. The lowest BCUT2D eigenvalue weighted by atomic mass is 10.1. The van der Waals surface area contributed by atoms with Crippen molar-refractivity contribution in [2.24, 2.45) is 15.7 Å². The van der Waals surface area contributed by atoms with Crippen LogP contribution in [0.25, 0.3) is 0 Å². The first-order valence-corrected chi connectivity index (χ1v) is 7.72. The molecule has 8 nitrogen and oxygen atoms in total. The molecule has 1 aliphatic rings. The van der Waals surface area contributed by atoms with Gasteiger partial charge in [0.25, 0.3) is 0 Å². The standard InChI is InChI=1S/C15H20F3N7O/c1-24(2)9-22-12-7-11(15(16,17)18)10(8-21-12)13(19)23-14(20)25-3-5-26-6-4-25/h7-9H,3-6H2,1-2H3,(H3,19,20,23). The van der Waals surface area contributed by atoms with Crippen LogP contribution in [0.5, 0.6) is 0 Å². The molecule has 1 saturated heterocycles. The molecule has 0 bridgehead atoms. The van der Waals surface area contributed by atoms with E-state index in [1.165, 1.54) is 6.34 Å². The van der Waals surface area contributed by atoms with Crippen molar-refractivity contribution in [2.75, 3.05) is 40.4 Å². The van der Waals surface area contributed by atoms with E-state index in [1.54, 1.807) is 23.9 Å². The molecule has 26 heavy (non-hydrogen) atoms. The highest BCUT2D eigenvalue weighted by atomic mass is 19.4. The lowest BCUT2D eigenvalue weighted by molar-refractivity contribution is -0.137. The zero-order valence-electron chi connectivity index (χ0n) is 14.4. The third-order valence-corrected chi connectivity index (χ3v) is 3.43. The van der Waals surface area contributed by atoms with Gasteiger partial charge in [-0.15, -0.1) is 0 Å². The Kier molecular flexibility index (Phi) is 6.14. The molecule has 1 aromatic rings. The Bertz CT molecular complexity index is 710. The highest BCUT2D eigenvalue weighted by Crippen LogP contribution is 2.33. The van der Waals surface area contributed by atoms with Crippen LogP contribution in [0.3, 0.4) is 0 Å². The topological polar surface area (TPSA) is 103 Å². The van der Waals surface area contributed by atoms with Crippen molar-refractivity contribution in [3.05, 3.63) is 23.4 Å². The zero-order valence-corrected chi connectivity index (χ0v) is 14.4. The van der Waals surface area contributed by atoms with Crippen molar-refractivity contribution in [3.63, 3.8) is 0 Å². The van der Waals surface area contributed by atoms with E-state index in [2.05, 4.69) is 15.0 Å². The van der Waals surface area contributed by atoms with Gasteiger partial charge in [0, 0.05) is 38.9 Å². The molecule has 3 N–H and O–H groups in total. The smallest absolute Gasteiger partial charge is 0.383 e. The van der Waals surface area contributed by atoms with Gasteiger partial charge >= 0.3 is 6.18 Å². The van der Waals surface area contributed by atoms with Crippen LogP contribution in [0, 0.1) is 5.41 Å². The summed E-state index contributed by atoms with van der Waals surface area (Å²) in [7, 11) is 3.37. The summed E-state index contributed by atoms with van der Waals surface area (Å²) in [6, 6.07) is 0.802. The second-order valence-electron chi connectivity index (χ2n) is 5.71. The Hall–Kier alpha value is -2.69. The monoisotopic (exact) mass is 371 g/mol. The minimum Gasteiger partial charge on any atom is -0.383 e. The molecular weight excluding hydrogens is 351 g/mol. The molecule has 2 rings (SSSR count). The number of alkyl halides is 3. The largest absolute Gasteiger partial charge is 0.417 e. The van der Waals surface area contributed by atoms with Crippen LogP contribution in [0.4, 0.5) is 19.0 Å². The summed E-state index contributed by atoms with van der Waals surface area (Å²) in [6.45, 7) is 1.70. The van der Waals surface area contributed by atoms with Crippen LogP contribution < -0.4 is 5.73 Å². The van der Waals surface area contributed by atoms with E-state index in [0.717, 1.165) is 12.3 Å². The van der Waals surface area contributed by atoms with Gasteiger partial charge in [0.2, 0.25) is 5.96 Å². The number of ether oxygens (including phenoxy) is 1. The quantitative estimate of drug-likeness (QED) is 0.616. The summed E-state index contributed by atoms with van der Waals surface area (Å²) in [6.07, 6.45) is -2.35. The molecule has 142 valence electrons. The van der Waals surface area contributed by atoms with Crippen molar-refractivity contribution in [3.8, 4) is 0 Å². The van der Waals surface area contributed by atoms with Crippen molar-refractivity contribution >= 4 is 24.0 Å². The molecule has 0 radical (unpaired) electrons. The maximum Gasteiger partial charge on any atom is 0.417 e. The second kappa shape index (κ2) is 8.13. The highest BCUT2D eigenvalue weighted by molar-refractivity contribution is 6.05. The third kappa shape index (κ3) is 5.15. The summed E-state index contributed by atoms with van der Waals surface area (Å²) in [5.74, 6) is -0.746. The Morgan fingerprint density at radius 3 is 2.62 bits per heavy atom. The average Bonchev–Trinajstić information content (AvgIpc) is 2.59.